The second-order valence-electron chi connectivity index (χ2n) is 4.47. The number of hydrogen-bond acceptors (Lipinski definition) is 4. The van der Waals surface area contributed by atoms with Crippen molar-refractivity contribution in [3.8, 4) is 0 Å². The zero-order valence-corrected chi connectivity index (χ0v) is 12.5. The van der Waals surface area contributed by atoms with E-state index in [-0.39, 0.29) is 10.9 Å². The highest BCUT2D eigenvalue weighted by Crippen LogP contribution is 2.22. The Bertz CT molecular complexity index is 429. The molecule has 1 amide bonds. The van der Waals surface area contributed by atoms with Crippen molar-refractivity contribution in [2.45, 2.75) is 39.5 Å². The van der Waals surface area contributed by atoms with Gasteiger partial charge in [-0.15, -0.1) is 11.3 Å². The molecule has 3 N–H and O–H groups in total. The first-order chi connectivity index (χ1) is 8.45. The summed E-state index contributed by atoms with van der Waals surface area (Å²) in [6.07, 6.45) is 1.54. The van der Waals surface area contributed by atoms with Gasteiger partial charge in [-0.1, -0.05) is 39.4 Å². The van der Waals surface area contributed by atoms with Gasteiger partial charge in [0.15, 0.2) is 5.13 Å². The maximum atomic E-state index is 12.0. The van der Waals surface area contributed by atoms with Crippen LogP contribution in [0.4, 0.5) is 5.13 Å². The van der Waals surface area contributed by atoms with E-state index in [9.17, 15) is 4.79 Å². The van der Waals surface area contributed by atoms with Crippen LogP contribution in [0.2, 0.25) is 0 Å². The van der Waals surface area contributed by atoms with Gasteiger partial charge in [0, 0.05) is 5.38 Å². The van der Waals surface area contributed by atoms with Crippen LogP contribution in [-0.4, -0.2) is 15.9 Å². The zero-order chi connectivity index (χ0) is 13.7. The lowest BCUT2D eigenvalue weighted by atomic mass is 10.0. The molecule has 0 fully saturated rings. The van der Waals surface area contributed by atoms with Crippen LogP contribution in [0.5, 0.6) is 0 Å². The summed E-state index contributed by atoms with van der Waals surface area (Å²) in [6.45, 7) is 6.13. The molecular weight excluding hydrogens is 266 g/mol. The molecule has 0 aliphatic rings. The zero-order valence-electron chi connectivity index (χ0n) is 10.9. The minimum Gasteiger partial charge on any atom is -0.393 e. The van der Waals surface area contributed by atoms with Gasteiger partial charge in [0.2, 0.25) is 5.91 Å². The van der Waals surface area contributed by atoms with Gasteiger partial charge in [-0.25, -0.2) is 4.98 Å². The number of rotatable bonds is 6. The second kappa shape index (κ2) is 6.80. The number of anilines is 1. The van der Waals surface area contributed by atoms with Crippen LogP contribution in [0.3, 0.4) is 0 Å². The van der Waals surface area contributed by atoms with Crippen LogP contribution in [0.15, 0.2) is 5.38 Å². The molecule has 0 aliphatic heterocycles. The average Bonchev–Trinajstić information content (AvgIpc) is 2.73. The molecule has 1 rings (SSSR count). The molecule has 1 aromatic rings. The molecule has 0 saturated heterocycles. The summed E-state index contributed by atoms with van der Waals surface area (Å²) in [7, 11) is 0. The first kappa shape index (κ1) is 15.0. The van der Waals surface area contributed by atoms with Gasteiger partial charge in [0.25, 0.3) is 0 Å². The lowest BCUT2D eigenvalue weighted by Crippen LogP contribution is -2.33. The molecular formula is C12H19N3OS2. The molecule has 0 aromatic carbocycles. The summed E-state index contributed by atoms with van der Waals surface area (Å²) in [5, 5.41) is 5.35. The van der Waals surface area contributed by atoms with Crippen molar-refractivity contribution in [1.82, 2.24) is 4.98 Å². The molecule has 1 atom stereocenters. The highest BCUT2D eigenvalue weighted by Gasteiger charge is 2.21. The molecule has 6 heteroatoms. The number of nitrogens with zero attached hydrogens (tertiary/aromatic N) is 1. The maximum Gasteiger partial charge on any atom is 0.236 e. The van der Waals surface area contributed by atoms with Gasteiger partial charge < -0.3 is 11.1 Å². The van der Waals surface area contributed by atoms with Gasteiger partial charge in [-0.2, -0.15) is 0 Å². The summed E-state index contributed by atoms with van der Waals surface area (Å²) in [4.78, 5) is 16.6. The third kappa shape index (κ3) is 4.03. The summed E-state index contributed by atoms with van der Waals surface area (Å²) in [5.74, 6) is -0.209. The minimum absolute atomic E-state index is 0.158. The predicted molar refractivity (Wildman–Crippen MR) is 80.0 cm³/mol. The average molecular weight is 285 g/mol. The molecule has 1 unspecified atom stereocenters. The first-order valence-electron chi connectivity index (χ1n) is 6.01. The molecule has 0 saturated carbocycles. The molecule has 0 aliphatic carbocycles. The third-order valence-electron chi connectivity index (χ3n) is 2.58. The van der Waals surface area contributed by atoms with Gasteiger partial charge in [0.1, 0.15) is 0 Å². The van der Waals surface area contributed by atoms with Crippen LogP contribution < -0.4 is 11.1 Å². The number of nitrogens with two attached hydrogens (primary N) is 1. The number of nitrogens with one attached hydrogen (secondary N) is 1. The number of thiocarbonyl (C=S) groups is 1. The summed E-state index contributed by atoms with van der Waals surface area (Å²) < 4.78 is 0. The highest BCUT2D eigenvalue weighted by molar-refractivity contribution is 7.80. The van der Waals surface area contributed by atoms with Gasteiger partial charge in [0.05, 0.1) is 16.6 Å². The molecule has 0 spiro atoms. The molecule has 4 nitrogen and oxygen atoms in total. The Balaban J connectivity index is 2.70. The lowest BCUT2D eigenvalue weighted by molar-refractivity contribution is -0.118. The first-order valence-corrected chi connectivity index (χ1v) is 7.30. The Morgan fingerprint density at radius 3 is 2.72 bits per heavy atom. The number of aromatic nitrogens is 1. The quantitative estimate of drug-likeness (QED) is 0.789. The molecule has 0 bridgehead atoms. The van der Waals surface area contributed by atoms with E-state index in [2.05, 4.69) is 24.1 Å². The van der Waals surface area contributed by atoms with E-state index in [1.54, 1.807) is 0 Å². The van der Waals surface area contributed by atoms with Crippen molar-refractivity contribution >= 4 is 39.6 Å². The Morgan fingerprint density at radius 1 is 1.61 bits per heavy atom. The Labute approximate surface area is 117 Å². The van der Waals surface area contributed by atoms with Crippen LogP contribution in [0, 0.1) is 5.92 Å². The Hall–Kier alpha value is -1.01. The van der Waals surface area contributed by atoms with E-state index in [1.807, 2.05) is 12.3 Å². The number of amides is 1. The number of thiazole rings is 1. The summed E-state index contributed by atoms with van der Waals surface area (Å²) >= 11 is 6.35. The predicted octanol–water partition coefficient (Wildman–Crippen LogP) is 2.91. The number of carbonyl (C=O) groups excluding carboxylic acids is 1. The van der Waals surface area contributed by atoms with E-state index in [1.165, 1.54) is 11.3 Å². The van der Waals surface area contributed by atoms with E-state index in [4.69, 9.17) is 18.0 Å². The van der Waals surface area contributed by atoms with E-state index >= 15 is 0 Å². The lowest BCUT2D eigenvalue weighted by Gasteiger charge is -2.13. The Kier molecular flexibility index (Phi) is 5.68. The topological polar surface area (TPSA) is 68.0 Å². The van der Waals surface area contributed by atoms with E-state index < -0.39 is 5.92 Å². The minimum atomic E-state index is -0.406. The SMILES string of the molecule is CCCC(C(=O)Nc1nc(C(C)C)cs1)C(N)=S. The van der Waals surface area contributed by atoms with E-state index in [0.717, 1.165) is 12.1 Å². The smallest absolute Gasteiger partial charge is 0.236 e. The molecule has 1 heterocycles. The van der Waals surface area contributed by atoms with Gasteiger partial charge in [-0.05, 0) is 12.3 Å². The maximum absolute atomic E-state index is 12.0. The highest BCUT2D eigenvalue weighted by atomic mass is 32.1. The largest absolute Gasteiger partial charge is 0.393 e. The van der Waals surface area contributed by atoms with Crippen molar-refractivity contribution in [3.05, 3.63) is 11.1 Å². The standard InChI is InChI=1S/C12H19N3OS2/c1-4-5-8(10(13)17)11(16)15-12-14-9(6-18-12)7(2)3/h6-8H,4-5H2,1-3H3,(H2,13,17)(H,14,15,16). The van der Waals surface area contributed by atoms with Gasteiger partial charge in [-0.3, -0.25) is 4.79 Å². The fourth-order valence-electron chi connectivity index (χ4n) is 1.49. The molecule has 1 aromatic heterocycles. The van der Waals surface area contributed by atoms with E-state index in [0.29, 0.717) is 17.5 Å². The molecule has 100 valence electrons. The molecule has 18 heavy (non-hydrogen) atoms. The van der Waals surface area contributed by atoms with Gasteiger partial charge >= 0.3 is 0 Å². The van der Waals surface area contributed by atoms with Crippen LogP contribution in [-0.2, 0) is 4.79 Å². The third-order valence-corrected chi connectivity index (χ3v) is 3.64. The van der Waals surface area contributed by atoms with Crippen LogP contribution in [0.25, 0.3) is 0 Å². The van der Waals surface area contributed by atoms with Crippen LogP contribution in [0.1, 0.15) is 45.2 Å². The summed E-state index contributed by atoms with van der Waals surface area (Å²) in [6, 6.07) is 0. The Morgan fingerprint density at radius 2 is 2.28 bits per heavy atom. The molecule has 0 radical (unpaired) electrons. The van der Waals surface area contributed by atoms with Crippen molar-refractivity contribution < 1.29 is 4.79 Å². The normalized spacial score (nSPS) is 12.4. The summed E-state index contributed by atoms with van der Waals surface area (Å²) in [5.41, 5.74) is 6.57. The van der Waals surface area contributed by atoms with Crippen molar-refractivity contribution in [3.63, 3.8) is 0 Å². The van der Waals surface area contributed by atoms with Crippen molar-refractivity contribution in [2.75, 3.05) is 5.32 Å². The fourth-order valence-corrected chi connectivity index (χ4v) is 2.59. The van der Waals surface area contributed by atoms with Crippen molar-refractivity contribution in [2.24, 2.45) is 11.7 Å². The number of hydrogen-bond donors (Lipinski definition) is 2. The van der Waals surface area contributed by atoms with Crippen LogP contribution >= 0.6 is 23.6 Å². The second-order valence-corrected chi connectivity index (χ2v) is 5.79. The monoisotopic (exact) mass is 285 g/mol. The fraction of sp³-hybridized carbons (Fsp3) is 0.583. The number of carbonyl (C=O) groups is 1. The van der Waals surface area contributed by atoms with Crippen molar-refractivity contribution in [1.29, 1.82) is 0 Å².